The van der Waals surface area contributed by atoms with Crippen LogP contribution < -0.4 is 5.73 Å². The van der Waals surface area contributed by atoms with Gasteiger partial charge in [0.15, 0.2) is 0 Å². The summed E-state index contributed by atoms with van der Waals surface area (Å²) in [5.74, 6) is -0.338. The molecule has 0 saturated carbocycles. The zero-order valence-electron chi connectivity index (χ0n) is 31.7. The van der Waals surface area contributed by atoms with Gasteiger partial charge in [0.1, 0.15) is 6.10 Å². The lowest BCUT2D eigenvalue weighted by atomic mass is 10.1. The predicted molar refractivity (Wildman–Crippen MR) is 206 cm³/mol. The molecule has 0 aliphatic heterocycles. The van der Waals surface area contributed by atoms with Crippen molar-refractivity contribution in [1.82, 2.24) is 0 Å². The Morgan fingerprint density at radius 3 is 1.69 bits per heavy atom. The zero-order valence-corrected chi connectivity index (χ0v) is 32.6. The van der Waals surface area contributed by atoms with Gasteiger partial charge in [0.25, 0.3) is 0 Å². The van der Waals surface area contributed by atoms with Gasteiger partial charge in [0.2, 0.25) is 0 Å². The van der Waals surface area contributed by atoms with Gasteiger partial charge < -0.3 is 20.1 Å². The van der Waals surface area contributed by atoms with Crippen LogP contribution in [0.3, 0.4) is 0 Å². The van der Waals surface area contributed by atoms with Crippen molar-refractivity contribution in [3.8, 4) is 0 Å². The maximum atomic E-state index is 12.5. The molecule has 9 heteroatoms. The molecule has 3 N–H and O–H groups in total. The van der Waals surface area contributed by atoms with Crippen molar-refractivity contribution < 1.29 is 32.8 Å². The van der Waals surface area contributed by atoms with Gasteiger partial charge in [0.05, 0.1) is 19.8 Å². The van der Waals surface area contributed by atoms with Crippen LogP contribution in [0.15, 0.2) is 36.5 Å². The highest BCUT2D eigenvalue weighted by atomic mass is 31.2. The van der Waals surface area contributed by atoms with E-state index in [0.717, 1.165) is 38.5 Å². The highest BCUT2D eigenvalue weighted by Crippen LogP contribution is 2.43. The molecule has 0 heterocycles. The fourth-order valence-corrected chi connectivity index (χ4v) is 6.09. The minimum Gasteiger partial charge on any atom is -0.457 e. The van der Waals surface area contributed by atoms with E-state index in [4.69, 9.17) is 24.3 Å². The topological polar surface area (TPSA) is 117 Å². The van der Waals surface area contributed by atoms with Gasteiger partial charge in [-0.1, -0.05) is 140 Å². The standard InChI is InChI=1S/C40H76NO7P/c1-3-5-7-9-11-13-15-16-17-18-19-20-21-22-23-25-27-29-31-33-40(42)48-39(38-47-49(43,44)46-36-34-41)37-45-35-32-30-28-26-24-14-12-10-8-6-4-2/h8,10-11,13,16-17,39H,3-7,9,12,14-15,18-38,41H2,1-2H3,(H,43,44)/b10-8-,13-11-,17-16-. The first-order valence-corrected chi connectivity index (χ1v) is 21.5. The van der Waals surface area contributed by atoms with Crippen LogP contribution in [0, 0.1) is 0 Å². The van der Waals surface area contributed by atoms with Crippen LogP contribution in [-0.2, 0) is 27.9 Å². The number of phosphoric acid groups is 1. The van der Waals surface area contributed by atoms with E-state index >= 15 is 0 Å². The first-order valence-electron chi connectivity index (χ1n) is 20.0. The van der Waals surface area contributed by atoms with Crippen molar-refractivity contribution in [2.75, 3.05) is 33.0 Å². The Hall–Kier alpha value is -1.28. The van der Waals surface area contributed by atoms with Crippen molar-refractivity contribution in [2.24, 2.45) is 5.73 Å². The van der Waals surface area contributed by atoms with Crippen LogP contribution in [0.4, 0.5) is 0 Å². The summed E-state index contributed by atoms with van der Waals surface area (Å²) in [7, 11) is -4.27. The van der Waals surface area contributed by atoms with Gasteiger partial charge in [-0.2, -0.15) is 0 Å². The largest absolute Gasteiger partial charge is 0.472 e. The van der Waals surface area contributed by atoms with Crippen molar-refractivity contribution >= 4 is 13.8 Å². The average molecular weight is 714 g/mol. The molecule has 0 aromatic rings. The van der Waals surface area contributed by atoms with E-state index in [9.17, 15) is 14.3 Å². The molecule has 2 unspecified atom stereocenters. The summed E-state index contributed by atoms with van der Waals surface area (Å²) in [4.78, 5) is 22.4. The molecule has 0 aliphatic carbocycles. The highest BCUT2D eigenvalue weighted by molar-refractivity contribution is 7.47. The third-order valence-corrected chi connectivity index (χ3v) is 9.24. The molecular weight excluding hydrogens is 637 g/mol. The molecule has 0 rings (SSSR count). The number of nitrogens with two attached hydrogens (primary N) is 1. The van der Waals surface area contributed by atoms with E-state index < -0.39 is 13.9 Å². The maximum absolute atomic E-state index is 12.5. The van der Waals surface area contributed by atoms with E-state index in [0.29, 0.717) is 13.0 Å². The predicted octanol–water partition coefficient (Wildman–Crippen LogP) is 11.5. The summed E-state index contributed by atoms with van der Waals surface area (Å²) < 4.78 is 33.3. The first-order chi connectivity index (χ1) is 23.9. The molecule has 0 aliphatic rings. The second-order valence-electron chi connectivity index (χ2n) is 13.1. The van der Waals surface area contributed by atoms with Crippen LogP contribution in [0.1, 0.15) is 174 Å². The number of allylic oxidation sites excluding steroid dienone is 6. The molecule has 0 amide bonds. The monoisotopic (exact) mass is 714 g/mol. The van der Waals surface area contributed by atoms with Crippen molar-refractivity contribution in [3.63, 3.8) is 0 Å². The van der Waals surface area contributed by atoms with Crippen LogP contribution in [0.2, 0.25) is 0 Å². The number of hydrogen-bond donors (Lipinski definition) is 2. The molecule has 0 saturated heterocycles. The molecule has 0 aromatic heterocycles. The maximum Gasteiger partial charge on any atom is 0.472 e. The fraction of sp³-hybridized carbons (Fsp3) is 0.825. The molecule has 8 nitrogen and oxygen atoms in total. The van der Waals surface area contributed by atoms with Crippen LogP contribution in [-0.4, -0.2) is 49.9 Å². The summed E-state index contributed by atoms with van der Waals surface area (Å²) in [5, 5.41) is 0. The minimum atomic E-state index is -4.27. The Balaban J connectivity index is 4.04. The minimum absolute atomic E-state index is 0.0978. The number of esters is 1. The molecular formula is C40H76NO7P. The number of phosphoric ester groups is 1. The smallest absolute Gasteiger partial charge is 0.457 e. The molecule has 0 bridgehead atoms. The molecule has 2 atom stereocenters. The first kappa shape index (κ1) is 47.7. The zero-order chi connectivity index (χ0) is 35.9. The quantitative estimate of drug-likeness (QED) is 0.0281. The van der Waals surface area contributed by atoms with Crippen LogP contribution >= 0.6 is 7.82 Å². The van der Waals surface area contributed by atoms with Gasteiger partial charge in [-0.25, -0.2) is 4.57 Å². The lowest BCUT2D eigenvalue weighted by Crippen LogP contribution is -2.28. The van der Waals surface area contributed by atoms with Crippen molar-refractivity contribution in [2.45, 2.75) is 180 Å². The summed E-state index contributed by atoms with van der Waals surface area (Å²) in [6.45, 7) is 4.82. The molecule has 49 heavy (non-hydrogen) atoms. The SMILES string of the molecule is CCC/C=C\CCCCCCCCOCC(COP(=O)(O)OCCN)OC(=O)CCCCCCCCCCC/C=C\C/C=C\CCCCC. The summed E-state index contributed by atoms with van der Waals surface area (Å²) >= 11 is 0. The molecule has 0 aromatic carbocycles. The molecule has 288 valence electrons. The van der Waals surface area contributed by atoms with E-state index in [-0.39, 0.29) is 32.3 Å². The van der Waals surface area contributed by atoms with Gasteiger partial charge in [0, 0.05) is 19.6 Å². The normalized spacial score (nSPS) is 14.0. The molecule has 0 spiro atoms. The third-order valence-electron chi connectivity index (χ3n) is 8.26. The van der Waals surface area contributed by atoms with Crippen LogP contribution in [0.25, 0.3) is 0 Å². The highest BCUT2D eigenvalue weighted by Gasteiger charge is 2.25. The van der Waals surface area contributed by atoms with Gasteiger partial charge in [-0.15, -0.1) is 0 Å². The Kier molecular flexibility index (Phi) is 37.0. The molecule has 0 radical (unpaired) electrons. The third kappa shape index (κ3) is 37.8. The van der Waals surface area contributed by atoms with Gasteiger partial charge in [-0.3, -0.25) is 13.8 Å². The number of hydrogen-bond acceptors (Lipinski definition) is 7. The van der Waals surface area contributed by atoms with E-state index in [1.807, 2.05) is 0 Å². The number of unbranched alkanes of at least 4 members (excludes halogenated alkanes) is 19. The summed E-state index contributed by atoms with van der Waals surface area (Å²) in [5.41, 5.74) is 5.35. The second kappa shape index (κ2) is 38.0. The molecule has 0 fully saturated rings. The van der Waals surface area contributed by atoms with Gasteiger partial charge in [-0.05, 0) is 64.2 Å². The Bertz CT molecular complexity index is 848. The Labute approximate surface area is 301 Å². The number of carbonyl (C=O) groups is 1. The lowest BCUT2D eigenvalue weighted by molar-refractivity contribution is -0.154. The Morgan fingerprint density at radius 1 is 0.612 bits per heavy atom. The van der Waals surface area contributed by atoms with Crippen molar-refractivity contribution in [1.29, 1.82) is 0 Å². The lowest BCUT2D eigenvalue weighted by Gasteiger charge is -2.20. The fourth-order valence-electron chi connectivity index (χ4n) is 5.32. The van der Waals surface area contributed by atoms with E-state index in [2.05, 4.69) is 50.3 Å². The van der Waals surface area contributed by atoms with Crippen LogP contribution in [0.5, 0.6) is 0 Å². The summed E-state index contributed by atoms with van der Waals surface area (Å²) in [6, 6.07) is 0. The number of rotatable bonds is 38. The number of ether oxygens (including phenoxy) is 2. The second-order valence-corrected chi connectivity index (χ2v) is 14.6. The Morgan fingerprint density at radius 2 is 1.12 bits per heavy atom. The van der Waals surface area contributed by atoms with Gasteiger partial charge >= 0.3 is 13.8 Å². The number of carbonyl (C=O) groups excluding carboxylic acids is 1. The van der Waals surface area contributed by atoms with Crippen molar-refractivity contribution in [3.05, 3.63) is 36.5 Å². The summed E-state index contributed by atoms with van der Waals surface area (Å²) in [6.07, 6.45) is 41.5. The average Bonchev–Trinajstić information content (AvgIpc) is 3.09. The van der Waals surface area contributed by atoms with E-state index in [1.54, 1.807) is 0 Å². The van der Waals surface area contributed by atoms with E-state index in [1.165, 1.54) is 116 Å².